The molecule has 8 heteroatoms. The number of ether oxygens (including phenoxy) is 2. The highest BCUT2D eigenvalue weighted by Crippen LogP contribution is 2.27. The number of carbonyl (C=O) groups is 2. The summed E-state index contributed by atoms with van der Waals surface area (Å²) in [7, 11) is 1.49. The number of nitrogens with zero attached hydrogens (tertiary/aromatic N) is 2. The summed E-state index contributed by atoms with van der Waals surface area (Å²) >= 11 is 0. The van der Waals surface area contributed by atoms with E-state index >= 15 is 0 Å². The summed E-state index contributed by atoms with van der Waals surface area (Å²) in [5.41, 5.74) is 0.446. The predicted molar refractivity (Wildman–Crippen MR) is 88.9 cm³/mol. The summed E-state index contributed by atoms with van der Waals surface area (Å²) in [6.45, 7) is 1.06. The molecule has 1 N–H and O–H groups in total. The Morgan fingerprint density at radius 1 is 1.48 bits per heavy atom. The van der Waals surface area contributed by atoms with Gasteiger partial charge in [-0.1, -0.05) is 0 Å². The van der Waals surface area contributed by atoms with Crippen LogP contribution in [0, 0.1) is 5.82 Å². The molecule has 0 radical (unpaired) electrons. The van der Waals surface area contributed by atoms with Crippen molar-refractivity contribution in [2.75, 3.05) is 25.6 Å². The fraction of sp³-hybridized carbons (Fsp3) is 0.471. The molecule has 1 atom stereocenters. The van der Waals surface area contributed by atoms with Crippen LogP contribution in [0.15, 0.2) is 23.3 Å². The monoisotopic (exact) mass is 349 g/mol. The number of rotatable bonds is 5. The smallest absolute Gasteiger partial charge is 0.271 e. The predicted octanol–water partition coefficient (Wildman–Crippen LogP) is 1.93. The average molecular weight is 349 g/mol. The van der Waals surface area contributed by atoms with Crippen molar-refractivity contribution in [1.82, 2.24) is 5.01 Å². The number of hydrogen-bond acceptors (Lipinski definition) is 5. The highest BCUT2D eigenvalue weighted by molar-refractivity contribution is 6.43. The van der Waals surface area contributed by atoms with E-state index in [0.717, 1.165) is 17.9 Å². The van der Waals surface area contributed by atoms with Gasteiger partial charge in [0.05, 0.1) is 11.8 Å². The number of nitrogens with one attached hydrogen (secondary N) is 1. The van der Waals surface area contributed by atoms with Gasteiger partial charge in [-0.05, 0) is 25.0 Å². The van der Waals surface area contributed by atoms with Crippen LogP contribution in [0.1, 0.15) is 25.7 Å². The van der Waals surface area contributed by atoms with Gasteiger partial charge >= 0.3 is 0 Å². The Balaban J connectivity index is 1.70. The zero-order valence-corrected chi connectivity index (χ0v) is 14.0. The first-order chi connectivity index (χ1) is 12.0. The third-order valence-corrected chi connectivity index (χ3v) is 4.11. The van der Waals surface area contributed by atoms with E-state index in [0.29, 0.717) is 19.0 Å². The molecule has 2 aliphatic rings. The molecule has 3 rings (SSSR count). The summed E-state index contributed by atoms with van der Waals surface area (Å²) in [6.07, 6.45) is 2.38. The Morgan fingerprint density at radius 3 is 3.04 bits per heavy atom. The SMILES string of the molecule is CN1N=C(C(=O)Nc2cc(F)ccc2OC[C@H]2CCCO2)CCC1=O. The van der Waals surface area contributed by atoms with E-state index < -0.39 is 11.7 Å². The van der Waals surface area contributed by atoms with E-state index in [4.69, 9.17) is 9.47 Å². The maximum atomic E-state index is 13.6. The van der Waals surface area contributed by atoms with Crippen LogP contribution in [-0.2, 0) is 14.3 Å². The topological polar surface area (TPSA) is 80.2 Å². The maximum Gasteiger partial charge on any atom is 0.271 e. The molecule has 2 aliphatic heterocycles. The minimum absolute atomic E-state index is 0.0102. The molecule has 0 unspecified atom stereocenters. The van der Waals surface area contributed by atoms with Gasteiger partial charge in [0.25, 0.3) is 5.91 Å². The van der Waals surface area contributed by atoms with Gasteiger partial charge in [-0.3, -0.25) is 9.59 Å². The van der Waals surface area contributed by atoms with E-state index in [-0.39, 0.29) is 36.3 Å². The Labute approximate surface area is 144 Å². The average Bonchev–Trinajstić information content (AvgIpc) is 3.10. The molecule has 1 fully saturated rings. The van der Waals surface area contributed by atoms with Crippen LogP contribution in [0.5, 0.6) is 5.75 Å². The molecule has 1 aromatic rings. The summed E-state index contributed by atoms with van der Waals surface area (Å²) < 4.78 is 24.8. The van der Waals surface area contributed by atoms with Gasteiger partial charge in [0.1, 0.15) is 23.9 Å². The highest BCUT2D eigenvalue weighted by Gasteiger charge is 2.23. The van der Waals surface area contributed by atoms with Crippen molar-refractivity contribution in [2.45, 2.75) is 31.8 Å². The van der Waals surface area contributed by atoms with Gasteiger partial charge in [0.15, 0.2) is 0 Å². The molecule has 1 saturated heterocycles. The Kier molecular flexibility index (Phi) is 5.28. The maximum absolute atomic E-state index is 13.6. The molecule has 2 amide bonds. The largest absolute Gasteiger partial charge is 0.489 e. The lowest BCUT2D eigenvalue weighted by molar-refractivity contribution is -0.130. The molecule has 134 valence electrons. The number of hydrazone groups is 1. The van der Waals surface area contributed by atoms with Crippen LogP contribution >= 0.6 is 0 Å². The summed E-state index contributed by atoms with van der Waals surface area (Å²) in [5, 5.41) is 7.71. The van der Waals surface area contributed by atoms with Crippen molar-refractivity contribution >= 4 is 23.2 Å². The first-order valence-electron chi connectivity index (χ1n) is 8.22. The van der Waals surface area contributed by atoms with Crippen LogP contribution in [0.2, 0.25) is 0 Å². The molecule has 0 saturated carbocycles. The van der Waals surface area contributed by atoms with Gasteiger partial charge in [-0.15, -0.1) is 0 Å². The zero-order chi connectivity index (χ0) is 17.8. The number of anilines is 1. The van der Waals surface area contributed by atoms with Crippen molar-refractivity contribution < 1.29 is 23.5 Å². The second kappa shape index (κ2) is 7.60. The third kappa shape index (κ3) is 4.33. The van der Waals surface area contributed by atoms with Crippen molar-refractivity contribution in [3.63, 3.8) is 0 Å². The molecule has 0 bridgehead atoms. The molecule has 0 spiro atoms. The Morgan fingerprint density at radius 2 is 2.32 bits per heavy atom. The minimum atomic E-state index is -0.488. The lowest BCUT2D eigenvalue weighted by atomic mass is 10.1. The zero-order valence-electron chi connectivity index (χ0n) is 14.0. The fourth-order valence-electron chi connectivity index (χ4n) is 2.71. The van der Waals surface area contributed by atoms with Crippen molar-refractivity contribution in [1.29, 1.82) is 0 Å². The highest BCUT2D eigenvalue weighted by atomic mass is 19.1. The molecule has 0 aliphatic carbocycles. The van der Waals surface area contributed by atoms with Crippen LogP contribution in [0.4, 0.5) is 10.1 Å². The second-order valence-corrected chi connectivity index (χ2v) is 6.00. The van der Waals surface area contributed by atoms with Gasteiger partial charge in [0, 0.05) is 32.6 Å². The first-order valence-corrected chi connectivity index (χ1v) is 8.22. The quantitative estimate of drug-likeness (QED) is 0.881. The van der Waals surface area contributed by atoms with Crippen molar-refractivity contribution in [2.24, 2.45) is 5.10 Å². The van der Waals surface area contributed by atoms with Crippen LogP contribution in [0.25, 0.3) is 0 Å². The third-order valence-electron chi connectivity index (χ3n) is 4.11. The molecule has 1 aromatic carbocycles. The molecule has 0 aromatic heterocycles. The second-order valence-electron chi connectivity index (χ2n) is 6.00. The fourth-order valence-corrected chi connectivity index (χ4v) is 2.71. The molecule has 7 nitrogen and oxygen atoms in total. The van der Waals surface area contributed by atoms with Gasteiger partial charge in [0.2, 0.25) is 5.91 Å². The summed E-state index contributed by atoms with van der Waals surface area (Å²) in [6, 6.07) is 3.93. The standard InChI is InChI=1S/C17H20FN3O4/c1-21-16(22)7-5-13(20-21)17(23)19-14-9-11(18)4-6-15(14)25-10-12-3-2-8-24-12/h4,6,9,12H,2-3,5,7-8,10H2,1H3,(H,19,23)/t12-/m1/s1. The first kappa shape index (κ1) is 17.3. The minimum Gasteiger partial charge on any atom is -0.489 e. The Bertz CT molecular complexity index is 701. The lowest BCUT2D eigenvalue weighted by Crippen LogP contribution is -2.34. The van der Waals surface area contributed by atoms with Crippen molar-refractivity contribution in [3.05, 3.63) is 24.0 Å². The molecular formula is C17H20FN3O4. The Hall–Kier alpha value is -2.48. The van der Waals surface area contributed by atoms with Crippen LogP contribution in [-0.4, -0.2) is 48.9 Å². The molecule has 25 heavy (non-hydrogen) atoms. The normalized spacial score (nSPS) is 20.4. The lowest BCUT2D eigenvalue weighted by Gasteiger charge is -2.20. The number of benzene rings is 1. The molecular weight excluding hydrogens is 329 g/mol. The van der Waals surface area contributed by atoms with Crippen molar-refractivity contribution in [3.8, 4) is 5.75 Å². The van der Waals surface area contributed by atoms with Crippen LogP contribution < -0.4 is 10.1 Å². The number of amides is 2. The van der Waals surface area contributed by atoms with Gasteiger partial charge < -0.3 is 14.8 Å². The van der Waals surface area contributed by atoms with Crippen LogP contribution in [0.3, 0.4) is 0 Å². The van der Waals surface area contributed by atoms with E-state index in [1.807, 2.05) is 0 Å². The van der Waals surface area contributed by atoms with E-state index in [2.05, 4.69) is 10.4 Å². The number of carbonyl (C=O) groups excluding carboxylic acids is 2. The van der Waals surface area contributed by atoms with Gasteiger partial charge in [-0.25, -0.2) is 9.40 Å². The van der Waals surface area contributed by atoms with E-state index in [1.54, 1.807) is 0 Å². The summed E-state index contributed by atoms with van der Waals surface area (Å²) in [5.74, 6) is -0.751. The van der Waals surface area contributed by atoms with E-state index in [9.17, 15) is 14.0 Å². The van der Waals surface area contributed by atoms with Gasteiger partial charge in [-0.2, -0.15) is 5.10 Å². The molecule has 2 heterocycles. The van der Waals surface area contributed by atoms with E-state index in [1.165, 1.54) is 25.2 Å². The number of halogens is 1. The number of hydrogen-bond donors (Lipinski definition) is 1. The summed E-state index contributed by atoms with van der Waals surface area (Å²) in [4.78, 5) is 23.8.